The molecular formula is C20H19BrN2. The Balaban J connectivity index is 2.10. The Hall–Kier alpha value is -2.10. The van der Waals surface area contributed by atoms with E-state index >= 15 is 0 Å². The highest BCUT2D eigenvalue weighted by atomic mass is 79.9. The molecule has 0 aliphatic heterocycles. The van der Waals surface area contributed by atoms with Crippen LogP contribution in [0.2, 0.25) is 0 Å². The normalized spacial score (nSPS) is 11.9. The van der Waals surface area contributed by atoms with E-state index in [1.54, 1.807) is 0 Å². The van der Waals surface area contributed by atoms with Crippen LogP contribution in [0.5, 0.6) is 0 Å². The average molecular weight is 367 g/mol. The van der Waals surface area contributed by atoms with Gasteiger partial charge >= 0.3 is 0 Å². The van der Waals surface area contributed by atoms with Gasteiger partial charge in [-0.1, -0.05) is 64.5 Å². The molecule has 3 aromatic rings. The van der Waals surface area contributed by atoms with E-state index in [1.165, 1.54) is 5.56 Å². The zero-order valence-corrected chi connectivity index (χ0v) is 14.4. The van der Waals surface area contributed by atoms with E-state index in [9.17, 15) is 0 Å². The Kier molecular flexibility index (Phi) is 5.11. The molecule has 2 nitrogen and oxygen atoms in total. The number of nitrogens with two attached hydrogens (primary N) is 1. The number of hydrogen-bond donors (Lipinski definition) is 1. The van der Waals surface area contributed by atoms with Crippen molar-refractivity contribution in [3.05, 3.63) is 95.0 Å². The number of para-hydroxylation sites is 2. The summed E-state index contributed by atoms with van der Waals surface area (Å²) in [6.07, 6.45) is 0. The summed E-state index contributed by atoms with van der Waals surface area (Å²) in [5.41, 5.74) is 9.63. The van der Waals surface area contributed by atoms with Crippen molar-refractivity contribution < 1.29 is 0 Å². The van der Waals surface area contributed by atoms with E-state index in [0.717, 1.165) is 15.8 Å². The monoisotopic (exact) mass is 366 g/mol. The summed E-state index contributed by atoms with van der Waals surface area (Å²) >= 11 is 3.56. The fourth-order valence-electron chi connectivity index (χ4n) is 2.79. The van der Waals surface area contributed by atoms with Crippen LogP contribution in [0.1, 0.15) is 11.6 Å². The first kappa shape index (κ1) is 15.8. The van der Waals surface area contributed by atoms with E-state index in [-0.39, 0.29) is 6.04 Å². The van der Waals surface area contributed by atoms with E-state index in [1.807, 2.05) is 18.2 Å². The molecule has 0 spiro atoms. The zero-order chi connectivity index (χ0) is 16.1. The first-order chi connectivity index (χ1) is 11.3. The highest BCUT2D eigenvalue weighted by Gasteiger charge is 2.21. The lowest BCUT2D eigenvalue weighted by Gasteiger charge is -2.33. The predicted octanol–water partition coefficient (Wildman–Crippen LogP) is 5.29. The molecule has 0 saturated carbocycles. The second kappa shape index (κ2) is 7.44. The van der Waals surface area contributed by atoms with Crippen LogP contribution in [-0.4, -0.2) is 6.54 Å². The Morgan fingerprint density at radius 2 is 1.35 bits per heavy atom. The molecule has 0 heterocycles. The Morgan fingerprint density at radius 1 is 0.783 bits per heavy atom. The smallest absolute Gasteiger partial charge is 0.0714 e. The summed E-state index contributed by atoms with van der Waals surface area (Å²) in [4.78, 5) is 2.29. The van der Waals surface area contributed by atoms with Crippen LogP contribution < -0.4 is 10.6 Å². The lowest BCUT2D eigenvalue weighted by Crippen LogP contribution is -2.30. The number of halogens is 1. The van der Waals surface area contributed by atoms with Gasteiger partial charge in [-0.05, 0) is 42.0 Å². The van der Waals surface area contributed by atoms with E-state index in [2.05, 4.69) is 87.6 Å². The molecular weight excluding hydrogens is 348 g/mol. The maximum atomic E-state index is 6.17. The summed E-state index contributed by atoms with van der Waals surface area (Å²) < 4.78 is 1.06. The molecule has 3 aromatic carbocycles. The van der Waals surface area contributed by atoms with Gasteiger partial charge in [0.1, 0.15) is 0 Å². The Morgan fingerprint density at radius 3 is 1.83 bits per heavy atom. The number of hydrogen-bond acceptors (Lipinski definition) is 2. The largest absolute Gasteiger partial charge is 0.333 e. The lowest BCUT2D eigenvalue weighted by molar-refractivity contribution is 0.706. The third kappa shape index (κ3) is 3.63. The van der Waals surface area contributed by atoms with Crippen LogP contribution in [0.3, 0.4) is 0 Å². The minimum Gasteiger partial charge on any atom is -0.333 e. The van der Waals surface area contributed by atoms with Crippen molar-refractivity contribution in [1.29, 1.82) is 0 Å². The Labute approximate surface area is 145 Å². The molecule has 0 radical (unpaired) electrons. The van der Waals surface area contributed by atoms with Crippen molar-refractivity contribution >= 4 is 27.3 Å². The highest BCUT2D eigenvalue weighted by Crippen LogP contribution is 2.35. The van der Waals surface area contributed by atoms with Crippen LogP contribution >= 0.6 is 15.9 Å². The first-order valence-electron chi connectivity index (χ1n) is 7.64. The van der Waals surface area contributed by atoms with Crippen molar-refractivity contribution in [3.63, 3.8) is 0 Å². The topological polar surface area (TPSA) is 29.3 Å². The van der Waals surface area contributed by atoms with Crippen molar-refractivity contribution in [2.24, 2.45) is 5.73 Å². The molecule has 3 rings (SSSR count). The maximum Gasteiger partial charge on any atom is 0.0714 e. The van der Waals surface area contributed by atoms with Crippen LogP contribution in [0.4, 0.5) is 11.4 Å². The summed E-state index contributed by atoms with van der Waals surface area (Å²) in [5, 5.41) is 0. The van der Waals surface area contributed by atoms with Gasteiger partial charge in [0.2, 0.25) is 0 Å². The van der Waals surface area contributed by atoms with E-state index in [4.69, 9.17) is 5.73 Å². The predicted molar refractivity (Wildman–Crippen MR) is 101 cm³/mol. The molecule has 0 amide bonds. The molecule has 2 N–H and O–H groups in total. The summed E-state index contributed by atoms with van der Waals surface area (Å²) in [5.74, 6) is 0. The number of rotatable bonds is 5. The van der Waals surface area contributed by atoms with Gasteiger partial charge in [-0.25, -0.2) is 0 Å². The molecule has 116 valence electrons. The van der Waals surface area contributed by atoms with Gasteiger partial charge in [-0.2, -0.15) is 0 Å². The molecule has 0 aromatic heterocycles. The van der Waals surface area contributed by atoms with Crippen molar-refractivity contribution in [2.45, 2.75) is 6.04 Å². The van der Waals surface area contributed by atoms with Gasteiger partial charge in [-0.3, -0.25) is 0 Å². The molecule has 0 bridgehead atoms. The SMILES string of the molecule is NCC(c1cccc(Br)c1)N(c1ccccc1)c1ccccc1. The van der Waals surface area contributed by atoms with Crippen LogP contribution in [0, 0.1) is 0 Å². The third-order valence-electron chi connectivity index (χ3n) is 3.84. The molecule has 23 heavy (non-hydrogen) atoms. The lowest BCUT2D eigenvalue weighted by atomic mass is 10.0. The van der Waals surface area contributed by atoms with Gasteiger partial charge in [0.15, 0.2) is 0 Å². The number of benzene rings is 3. The maximum absolute atomic E-state index is 6.17. The molecule has 3 heteroatoms. The molecule has 1 unspecified atom stereocenters. The van der Waals surface area contributed by atoms with Gasteiger partial charge in [0, 0.05) is 22.4 Å². The standard InChI is InChI=1S/C20H19BrN2/c21-17-9-7-8-16(14-17)20(15-22)23(18-10-3-1-4-11-18)19-12-5-2-6-13-19/h1-14,20H,15,22H2. The highest BCUT2D eigenvalue weighted by molar-refractivity contribution is 9.10. The molecule has 1 atom stereocenters. The summed E-state index contributed by atoms with van der Waals surface area (Å²) in [7, 11) is 0. The van der Waals surface area contributed by atoms with Gasteiger partial charge in [0.05, 0.1) is 6.04 Å². The van der Waals surface area contributed by atoms with Gasteiger partial charge in [-0.15, -0.1) is 0 Å². The molecule has 0 aliphatic rings. The minimum absolute atomic E-state index is 0.0669. The van der Waals surface area contributed by atoms with Crippen LogP contribution in [0.25, 0.3) is 0 Å². The minimum atomic E-state index is 0.0669. The van der Waals surface area contributed by atoms with Gasteiger partial charge < -0.3 is 10.6 Å². The zero-order valence-electron chi connectivity index (χ0n) is 12.8. The van der Waals surface area contributed by atoms with Crippen molar-refractivity contribution in [2.75, 3.05) is 11.4 Å². The summed E-state index contributed by atoms with van der Waals surface area (Å²) in [6, 6.07) is 29.2. The third-order valence-corrected chi connectivity index (χ3v) is 4.33. The second-order valence-corrected chi connectivity index (χ2v) is 6.26. The van der Waals surface area contributed by atoms with Gasteiger partial charge in [0.25, 0.3) is 0 Å². The van der Waals surface area contributed by atoms with Crippen molar-refractivity contribution in [1.82, 2.24) is 0 Å². The Bertz CT molecular complexity index is 704. The van der Waals surface area contributed by atoms with Crippen LogP contribution in [-0.2, 0) is 0 Å². The second-order valence-electron chi connectivity index (χ2n) is 5.35. The fourth-order valence-corrected chi connectivity index (χ4v) is 3.21. The molecule has 0 fully saturated rings. The number of anilines is 2. The first-order valence-corrected chi connectivity index (χ1v) is 8.44. The number of nitrogens with zero attached hydrogens (tertiary/aromatic N) is 1. The van der Waals surface area contributed by atoms with E-state index in [0.29, 0.717) is 6.54 Å². The van der Waals surface area contributed by atoms with Crippen LogP contribution in [0.15, 0.2) is 89.4 Å². The fraction of sp³-hybridized carbons (Fsp3) is 0.100. The summed E-state index contributed by atoms with van der Waals surface area (Å²) in [6.45, 7) is 0.528. The quantitative estimate of drug-likeness (QED) is 0.664. The van der Waals surface area contributed by atoms with Crippen molar-refractivity contribution in [3.8, 4) is 0 Å². The molecule has 0 aliphatic carbocycles. The van der Waals surface area contributed by atoms with E-state index < -0.39 is 0 Å². The average Bonchev–Trinajstić information content (AvgIpc) is 2.61. The molecule has 0 saturated heterocycles.